The monoisotopic (exact) mass is 397 g/mol. The van der Waals surface area contributed by atoms with E-state index in [0.717, 1.165) is 19.3 Å². The third-order valence-corrected chi connectivity index (χ3v) is 7.20. The fourth-order valence-electron chi connectivity index (χ4n) is 4.85. The number of hydrogen-bond acceptors (Lipinski definition) is 4. The van der Waals surface area contributed by atoms with Crippen molar-refractivity contribution in [1.29, 1.82) is 0 Å². The van der Waals surface area contributed by atoms with Crippen molar-refractivity contribution in [1.82, 2.24) is 5.32 Å². The first kappa shape index (κ1) is 20.0. The molecule has 5 heteroatoms. The maximum Gasteiger partial charge on any atom is 0.287 e. The van der Waals surface area contributed by atoms with Crippen molar-refractivity contribution in [3.05, 3.63) is 29.0 Å². The van der Waals surface area contributed by atoms with E-state index in [1.54, 1.807) is 12.1 Å². The largest absolute Gasteiger partial charge is 0.486 e. The standard InChI is InChI=1S/C24H31NO4/c1-6-24(5)12-17(26)21-19(29-24)11-10-18-20(21)15(4)22(28-18)23(27)25-16-9-7-8-13(2)14(16)3/h10-11,13-14,16H,6-9,12H2,1-5H3,(H,25,27)/t13-,14-,16-,24-/m1/s1. The predicted octanol–water partition coefficient (Wildman–Crippen LogP) is 5.43. The highest BCUT2D eigenvalue weighted by Crippen LogP contribution is 2.41. The van der Waals surface area contributed by atoms with Crippen LogP contribution in [0.15, 0.2) is 16.5 Å². The fourth-order valence-corrected chi connectivity index (χ4v) is 4.85. The van der Waals surface area contributed by atoms with Crippen molar-refractivity contribution in [3.63, 3.8) is 0 Å². The maximum absolute atomic E-state index is 13.0. The first-order chi connectivity index (χ1) is 13.7. The predicted molar refractivity (Wildman–Crippen MR) is 113 cm³/mol. The Hall–Kier alpha value is -2.30. The Balaban J connectivity index is 1.69. The van der Waals surface area contributed by atoms with Crippen molar-refractivity contribution in [2.45, 2.75) is 78.4 Å². The van der Waals surface area contributed by atoms with Gasteiger partial charge in [-0.15, -0.1) is 0 Å². The third kappa shape index (κ3) is 3.34. The quantitative estimate of drug-likeness (QED) is 0.750. The summed E-state index contributed by atoms with van der Waals surface area (Å²) in [5, 5.41) is 3.89. The Morgan fingerprint density at radius 1 is 1.28 bits per heavy atom. The van der Waals surface area contributed by atoms with Gasteiger partial charge in [-0.1, -0.05) is 33.6 Å². The molecule has 1 fully saturated rings. The number of furan rings is 1. The SMILES string of the molecule is CC[C@]1(C)CC(=O)c2c(ccc3oc(C(=O)N[C@@H]4CCC[C@@H](C)[C@H]4C)c(C)c23)O1. The first-order valence-electron chi connectivity index (χ1n) is 10.8. The summed E-state index contributed by atoms with van der Waals surface area (Å²) in [7, 11) is 0. The zero-order chi connectivity index (χ0) is 20.9. The summed E-state index contributed by atoms with van der Waals surface area (Å²) < 4.78 is 12.1. The number of fused-ring (bicyclic) bond motifs is 3. The number of nitrogens with one attached hydrogen (secondary N) is 1. The van der Waals surface area contributed by atoms with E-state index in [1.165, 1.54) is 6.42 Å². The highest BCUT2D eigenvalue weighted by Gasteiger charge is 2.38. The summed E-state index contributed by atoms with van der Waals surface area (Å²) in [4.78, 5) is 26.0. The summed E-state index contributed by atoms with van der Waals surface area (Å²) in [5.74, 6) is 1.78. The molecule has 4 atom stereocenters. The normalized spacial score (nSPS) is 29.4. The molecule has 2 aliphatic rings. The van der Waals surface area contributed by atoms with E-state index >= 15 is 0 Å². The van der Waals surface area contributed by atoms with E-state index < -0.39 is 5.60 Å². The molecule has 1 aliphatic heterocycles. The van der Waals surface area contributed by atoms with Crippen molar-refractivity contribution in [2.24, 2.45) is 11.8 Å². The number of rotatable bonds is 3. The molecule has 0 spiro atoms. The molecule has 1 amide bonds. The van der Waals surface area contributed by atoms with Crippen LogP contribution in [-0.4, -0.2) is 23.3 Å². The number of ketones is 1. The van der Waals surface area contributed by atoms with Gasteiger partial charge in [0.25, 0.3) is 5.91 Å². The van der Waals surface area contributed by atoms with Crippen LogP contribution in [0.25, 0.3) is 11.0 Å². The number of hydrogen-bond donors (Lipinski definition) is 1. The van der Waals surface area contributed by atoms with Crippen LogP contribution in [0.4, 0.5) is 0 Å². The van der Waals surface area contributed by atoms with E-state index in [2.05, 4.69) is 19.2 Å². The molecule has 1 saturated carbocycles. The smallest absolute Gasteiger partial charge is 0.287 e. The molecule has 29 heavy (non-hydrogen) atoms. The molecule has 2 aromatic rings. The summed E-state index contributed by atoms with van der Waals surface area (Å²) >= 11 is 0. The van der Waals surface area contributed by atoms with E-state index in [-0.39, 0.29) is 17.7 Å². The average molecular weight is 398 g/mol. The number of carbonyl (C=O) groups excluding carboxylic acids is 2. The minimum atomic E-state index is -0.483. The van der Waals surface area contributed by atoms with Crippen molar-refractivity contribution < 1.29 is 18.7 Å². The summed E-state index contributed by atoms with van der Waals surface area (Å²) in [5.41, 5.74) is 1.34. The molecule has 0 radical (unpaired) electrons. The van der Waals surface area contributed by atoms with Gasteiger partial charge in [0.2, 0.25) is 0 Å². The van der Waals surface area contributed by atoms with Crippen LogP contribution >= 0.6 is 0 Å². The van der Waals surface area contributed by atoms with Gasteiger partial charge in [0.05, 0.1) is 12.0 Å². The molecule has 2 heterocycles. The molecule has 0 bridgehead atoms. The van der Waals surface area contributed by atoms with Crippen LogP contribution in [0.3, 0.4) is 0 Å². The number of Topliss-reactive ketones (excluding diaryl/α,β-unsaturated/α-hetero) is 1. The molecule has 1 aliphatic carbocycles. The van der Waals surface area contributed by atoms with Gasteiger partial charge in [-0.3, -0.25) is 9.59 Å². The highest BCUT2D eigenvalue weighted by molar-refractivity contribution is 6.13. The Bertz CT molecular complexity index is 975. The summed E-state index contributed by atoms with van der Waals surface area (Å²) in [6, 6.07) is 3.75. The lowest BCUT2D eigenvalue weighted by atomic mass is 9.78. The highest BCUT2D eigenvalue weighted by atomic mass is 16.5. The molecule has 0 unspecified atom stereocenters. The van der Waals surface area contributed by atoms with Crippen LogP contribution in [0.1, 0.15) is 86.3 Å². The Kier molecular flexibility index (Phi) is 4.96. The number of amides is 1. The Morgan fingerprint density at radius 2 is 2.03 bits per heavy atom. The van der Waals surface area contributed by atoms with E-state index in [4.69, 9.17) is 9.15 Å². The van der Waals surface area contributed by atoms with Crippen molar-refractivity contribution >= 4 is 22.7 Å². The fraction of sp³-hybridized carbons (Fsp3) is 0.583. The molecule has 1 aromatic heterocycles. The van der Waals surface area contributed by atoms with Crippen LogP contribution in [-0.2, 0) is 0 Å². The summed E-state index contributed by atoms with van der Waals surface area (Å²) in [6.45, 7) is 10.3. The lowest BCUT2D eigenvalue weighted by Crippen LogP contribution is -2.43. The van der Waals surface area contributed by atoms with Gasteiger partial charge in [0.1, 0.15) is 16.9 Å². The summed E-state index contributed by atoms with van der Waals surface area (Å²) in [6.07, 6.45) is 4.42. The van der Waals surface area contributed by atoms with E-state index in [9.17, 15) is 9.59 Å². The van der Waals surface area contributed by atoms with Gasteiger partial charge in [0, 0.05) is 17.0 Å². The maximum atomic E-state index is 13.0. The lowest BCUT2D eigenvalue weighted by Gasteiger charge is -2.34. The van der Waals surface area contributed by atoms with Gasteiger partial charge in [-0.2, -0.15) is 0 Å². The van der Waals surface area contributed by atoms with E-state index in [0.29, 0.717) is 51.9 Å². The van der Waals surface area contributed by atoms with Crippen molar-refractivity contribution in [3.8, 4) is 5.75 Å². The second kappa shape index (κ2) is 7.19. The van der Waals surface area contributed by atoms with Crippen LogP contribution < -0.4 is 10.1 Å². The molecule has 1 N–H and O–H groups in total. The van der Waals surface area contributed by atoms with Crippen molar-refractivity contribution in [2.75, 3.05) is 0 Å². The number of ether oxygens (including phenoxy) is 1. The number of carbonyl (C=O) groups is 2. The number of benzene rings is 1. The molecule has 4 rings (SSSR count). The number of aryl methyl sites for hydroxylation is 1. The van der Waals surface area contributed by atoms with Gasteiger partial charge in [0.15, 0.2) is 11.5 Å². The van der Waals surface area contributed by atoms with Gasteiger partial charge in [-0.25, -0.2) is 0 Å². The molecule has 5 nitrogen and oxygen atoms in total. The first-order valence-corrected chi connectivity index (χ1v) is 10.8. The third-order valence-electron chi connectivity index (χ3n) is 7.20. The van der Waals surface area contributed by atoms with Crippen LogP contribution in [0.5, 0.6) is 5.75 Å². The van der Waals surface area contributed by atoms with Gasteiger partial charge in [-0.05, 0) is 50.7 Å². The average Bonchev–Trinajstić information content (AvgIpc) is 3.02. The minimum absolute atomic E-state index is 0.0479. The Morgan fingerprint density at radius 3 is 2.76 bits per heavy atom. The zero-order valence-corrected chi connectivity index (χ0v) is 18.1. The van der Waals surface area contributed by atoms with Gasteiger partial charge < -0.3 is 14.5 Å². The second-order valence-corrected chi connectivity index (χ2v) is 9.22. The molecule has 0 saturated heterocycles. The van der Waals surface area contributed by atoms with Gasteiger partial charge >= 0.3 is 0 Å². The minimum Gasteiger partial charge on any atom is -0.486 e. The van der Waals surface area contributed by atoms with Crippen LogP contribution in [0.2, 0.25) is 0 Å². The van der Waals surface area contributed by atoms with Crippen LogP contribution in [0, 0.1) is 18.8 Å². The Labute approximate surface area is 172 Å². The molecular weight excluding hydrogens is 366 g/mol. The molecule has 1 aromatic carbocycles. The molecule has 156 valence electrons. The topological polar surface area (TPSA) is 68.5 Å². The molecular formula is C24H31NO4. The van der Waals surface area contributed by atoms with E-state index in [1.807, 2.05) is 20.8 Å². The zero-order valence-electron chi connectivity index (χ0n) is 18.1. The second-order valence-electron chi connectivity index (χ2n) is 9.22. The lowest BCUT2D eigenvalue weighted by molar-refractivity contribution is 0.0503.